The molecule has 2 N–H and O–H groups in total. The van der Waals surface area contributed by atoms with Gasteiger partial charge in [-0.1, -0.05) is 0 Å². The van der Waals surface area contributed by atoms with Gasteiger partial charge in [-0.2, -0.15) is 0 Å². The second-order valence-electron chi connectivity index (χ2n) is 7.71. The summed E-state index contributed by atoms with van der Waals surface area (Å²) in [6, 6.07) is 0. The molecule has 24 heavy (non-hydrogen) atoms. The summed E-state index contributed by atoms with van der Waals surface area (Å²) in [5, 5.41) is 10.6. The highest BCUT2D eigenvalue weighted by Gasteiger charge is 2.50. The Hall–Kier alpha value is -1.89. The highest BCUT2D eigenvalue weighted by Crippen LogP contribution is 2.45. The summed E-state index contributed by atoms with van der Waals surface area (Å²) >= 11 is 0. The molecule has 2 aliphatic heterocycles. The van der Waals surface area contributed by atoms with E-state index in [0.717, 1.165) is 12.8 Å². The van der Waals surface area contributed by atoms with Crippen LogP contribution in [0.4, 0.5) is 0 Å². The van der Waals surface area contributed by atoms with E-state index in [1.54, 1.807) is 29.1 Å². The number of carbonyl (C=O) groups excluding carboxylic acids is 2. The van der Waals surface area contributed by atoms with Crippen LogP contribution in [0.2, 0.25) is 0 Å². The molecule has 3 rings (SSSR count). The van der Waals surface area contributed by atoms with E-state index in [1.807, 2.05) is 13.8 Å². The minimum Gasteiger partial charge on any atom is -0.391 e. The van der Waals surface area contributed by atoms with Gasteiger partial charge < -0.3 is 19.9 Å². The van der Waals surface area contributed by atoms with E-state index in [2.05, 4.69) is 9.97 Å². The van der Waals surface area contributed by atoms with Crippen molar-refractivity contribution in [1.82, 2.24) is 19.8 Å². The third kappa shape index (κ3) is 2.81. The van der Waals surface area contributed by atoms with Crippen LogP contribution in [0.1, 0.15) is 50.7 Å². The van der Waals surface area contributed by atoms with Gasteiger partial charge in [0.05, 0.1) is 11.6 Å². The lowest BCUT2D eigenvalue weighted by atomic mass is 9.67. The molecule has 0 radical (unpaired) electrons. The molecule has 1 aromatic heterocycles. The number of amides is 2. The number of nitrogens with zero attached hydrogens (tertiary/aromatic N) is 3. The van der Waals surface area contributed by atoms with Crippen molar-refractivity contribution in [1.29, 1.82) is 0 Å². The molecule has 1 aromatic rings. The van der Waals surface area contributed by atoms with Gasteiger partial charge in [0.1, 0.15) is 0 Å². The van der Waals surface area contributed by atoms with Crippen molar-refractivity contribution >= 4 is 11.8 Å². The number of nitrogens with one attached hydrogen (secondary N) is 1. The average Bonchev–Trinajstić information content (AvgIpc) is 3.05. The van der Waals surface area contributed by atoms with Crippen LogP contribution in [0.5, 0.6) is 0 Å². The zero-order valence-electron chi connectivity index (χ0n) is 14.6. The predicted molar refractivity (Wildman–Crippen MR) is 88.2 cm³/mol. The first-order chi connectivity index (χ1) is 11.3. The van der Waals surface area contributed by atoms with E-state index < -0.39 is 11.6 Å². The van der Waals surface area contributed by atoms with Gasteiger partial charge in [-0.25, -0.2) is 4.98 Å². The fourth-order valence-electron chi connectivity index (χ4n) is 4.04. The Morgan fingerprint density at radius 2 is 2.00 bits per heavy atom. The number of aromatic nitrogens is 2. The summed E-state index contributed by atoms with van der Waals surface area (Å²) < 4.78 is 0. The number of rotatable bonds is 1. The molecule has 2 saturated heterocycles. The van der Waals surface area contributed by atoms with Gasteiger partial charge in [0, 0.05) is 39.0 Å². The van der Waals surface area contributed by atoms with Crippen LogP contribution in [0.25, 0.3) is 0 Å². The number of hydrogen-bond donors (Lipinski definition) is 2. The van der Waals surface area contributed by atoms with Crippen molar-refractivity contribution in [2.45, 2.75) is 51.7 Å². The van der Waals surface area contributed by atoms with E-state index in [4.69, 9.17) is 0 Å². The molecule has 7 nitrogen and oxygen atoms in total. The standard InChI is InChI=1S/C17H26N4O3/c1-12(22)21-11-17(10-13(23)16(21,2)3)4-8-20(9-5-17)15(24)14-18-6-7-19-14/h6-7,13,23H,4-5,8-11H2,1-3H3,(H,18,19)/t13-/m1/s1. The Kier molecular flexibility index (Phi) is 4.15. The molecule has 0 bridgehead atoms. The quantitative estimate of drug-likeness (QED) is 0.802. The molecule has 0 saturated carbocycles. The molecule has 1 atom stereocenters. The minimum atomic E-state index is -0.553. The minimum absolute atomic E-state index is 0.00721. The number of H-pyrrole nitrogens is 1. The molecule has 2 fully saturated rings. The number of hydrogen-bond acceptors (Lipinski definition) is 4. The number of piperidine rings is 2. The number of likely N-dealkylation sites (tertiary alicyclic amines) is 2. The summed E-state index contributed by atoms with van der Waals surface area (Å²) in [7, 11) is 0. The number of aliphatic hydroxyl groups excluding tert-OH is 1. The van der Waals surface area contributed by atoms with E-state index in [1.165, 1.54) is 0 Å². The Bertz CT molecular complexity index is 618. The van der Waals surface area contributed by atoms with Crippen molar-refractivity contribution < 1.29 is 14.7 Å². The maximum Gasteiger partial charge on any atom is 0.289 e. The Morgan fingerprint density at radius 3 is 2.54 bits per heavy atom. The van der Waals surface area contributed by atoms with Crippen LogP contribution in [0.3, 0.4) is 0 Å². The summed E-state index contributed by atoms with van der Waals surface area (Å²) in [5.74, 6) is 0.267. The van der Waals surface area contributed by atoms with Crippen molar-refractivity contribution in [3.05, 3.63) is 18.2 Å². The maximum atomic E-state index is 12.4. The summed E-state index contributed by atoms with van der Waals surface area (Å²) in [6.07, 6.45) is 4.91. The van der Waals surface area contributed by atoms with Gasteiger partial charge in [0.15, 0.2) is 5.82 Å². The fraction of sp³-hybridized carbons (Fsp3) is 0.706. The zero-order chi connectivity index (χ0) is 17.5. The number of carbonyl (C=O) groups is 2. The van der Waals surface area contributed by atoms with E-state index in [9.17, 15) is 14.7 Å². The second-order valence-corrected chi connectivity index (χ2v) is 7.71. The molecule has 3 heterocycles. The van der Waals surface area contributed by atoms with Gasteiger partial charge >= 0.3 is 0 Å². The van der Waals surface area contributed by atoms with Crippen molar-refractivity contribution in [2.24, 2.45) is 5.41 Å². The summed E-state index contributed by atoms with van der Waals surface area (Å²) in [6.45, 7) is 7.29. The van der Waals surface area contributed by atoms with Gasteiger partial charge in [-0.15, -0.1) is 0 Å². The number of aliphatic hydroxyl groups is 1. The fourth-order valence-corrected chi connectivity index (χ4v) is 4.04. The van der Waals surface area contributed by atoms with Crippen LogP contribution in [-0.2, 0) is 4.79 Å². The molecule has 0 unspecified atom stereocenters. The summed E-state index contributed by atoms with van der Waals surface area (Å²) in [4.78, 5) is 34.9. The number of aromatic amines is 1. The SMILES string of the molecule is CC(=O)N1CC2(CCN(C(=O)c3ncc[nH]3)CC2)C[C@@H](O)C1(C)C. The van der Waals surface area contributed by atoms with Crippen molar-refractivity contribution in [3.63, 3.8) is 0 Å². The Labute approximate surface area is 142 Å². The topological polar surface area (TPSA) is 89.5 Å². The lowest BCUT2D eigenvalue weighted by molar-refractivity contribution is -0.156. The van der Waals surface area contributed by atoms with E-state index >= 15 is 0 Å². The van der Waals surface area contributed by atoms with Crippen LogP contribution >= 0.6 is 0 Å². The van der Waals surface area contributed by atoms with Crippen LogP contribution in [-0.4, -0.2) is 68.0 Å². The molecule has 2 amide bonds. The van der Waals surface area contributed by atoms with Gasteiger partial charge in [0.25, 0.3) is 5.91 Å². The molecule has 0 aliphatic carbocycles. The van der Waals surface area contributed by atoms with Gasteiger partial charge in [-0.05, 0) is 38.5 Å². The average molecular weight is 334 g/mol. The Morgan fingerprint density at radius 1 is 1.33 bits per heavy atom. The van der Waals surface area contributed by atoms with Gasteiger partial charge in [0.2, 0.25) is 5.91 Å². The third-order valence-electron chi connectivity index (χ3n) is 5.82. The second kappa shape index (κ2) is 5.88. The maximum absolute atomic E-state index is 12.4. The van der Waals surface area contributed by atoms with Gasteiger partial charge in [-0.3, -0.25) is 9.59 Å². The highest BCUT2D eigenvalue weighted by molar-refractivity contribution is 5.90. The van der Waals surface area contributed by atoms with Crippen LogP contribution < -0.4 is 0 Å². The summed E-state index contributed by atoms with van der Waals surface area (Å²) in [5.41, 5.74) is -0.654. The van der Waals surface area contributed by atoms with Crippen LogP contribution in [0, 0.1) is 5.41 Å². The third-order valence-corrected chi connectivity index (χ3v) is 5.82. The lowest BCUT2D eigenvalue weighted by Crippen LogP contribution is -2.64. The smallest absolute Gasteiger partial charge is 0.289 e. The normalized spacial score (nSPS) is 25.8. The first-order valence-corrected chi connectivity index (χ1v) is 8.50. The molecular weight excluding hydrogens is 308 g/mol. The van der Waals surface area contributed by atoms with E-state index in [0.29, 0.717) is 31.9 Å². The zero-order valence-corrected chi connectivity index (χ0v) is 14.6. The Balaban J connectivity index is 1.71. The molecule has 0 aromatic carbocycles. The van der Waals surface area contributed by atoms with Crippen molar-refractivity contribution in [3.8, 4) is 0 Å². The molecule has 2 aliphatic rings. The first kappa shape index (κ1) is 17.0. The largest absolute Gasteiger partial charge is 0.391 e. The lowest BCUT2D eigenvalue weighted by Gasteiger charge is -2.55. The molecule has 1 spiro atoms. The molecular formula is C17H26N4O3. The molecule has 132 valence electrons. The number of imidazole rings is 1. The monoisotopic (exact) mass is 334 g/mol. The first-order valence-electron chi connectivity index (χ1n) is 8.50. The highest BCUT2D eigenvalue weighted by atomic mass is 16.3. The van der Waals surface area contributed by atoms with E-state index in [-0.39, 0.29) is 17.2 Å². The predicted octanol–water partition coefficient (Wildman–Crippen LogP) is 1.02. The molecule has 7 heteroatoms. The van der Waals surface area contributed by atoms with Crippen molar-refractivity contribution in [2.75, 3.05) is 19.6 Å². The van der Waals surface area contributed by atoms with Crippen LogP contribution in [0.15, 0.2) is 12.4 Å².